The molecule has 0 aromatic heterocycles. The molecule has 2 N–H and O–H groups in total. The van der Waals surface area contributed by atoms with Gasteiger partial charge in [-0.15, -0.1) is 12.4 Å². The lowest BCUT2D eigenvalue weighted by Crippen LogP contribution is -2.03. The van der Waals surface area contributed by atoms with E-state index in [9.17, 15) is 0 Å². The number of ether oxygens (including phenoxy) is 1. The van der Waals surface area contributed by atoms with Crippen LogP contribution in [0.5, 0.6) is 5.75 Å². The monoisotopic (exact) mass is 389 g/mol. The van der Waals surface area contributed by atoms with Gasteiger partial charge in [0.1, 0.15) is 12.4 Å². The Labute approximate surface area is 133 Å². The second-order valence-corrected chi connectivity index (χ2v) is 5.24. The summed E-state index contributed by atoms with van der Waals surface area (Å²) < 4.78 is 6.99. The summed E-state index contributed by atoms with van der Waals surface area (Å²) in [6.07, 6.45) is 0.888. The van der Waals surface area contributed by atoms with E-state index in [-0.39, 0.29) is 12.4 Å². The molecule has 0 atom stereocenters. The van der Waals surface area contributed by atoms with E-state index in [0.717, 1.165) is 15.7 Å². The lowest BCUT2D eigenvalue weighted by molar-refractivity contribution is 0.303. The molecule has 2 aromatic rings. The van der Waals surface area contributed by atoms with Crippen LogP contribution in [0.15, 0.2) is 48.5 Å². The third-order valence-corrected chi connectivity index (χ3v) is 3.56. The van der Waals surface area contributed by atoms with E-state index in [1.54, 1.807) is 0 Å². The predicted molar refractivity (Wildman–Crippen MR) is 89.9 cm³/mol. The minimum Gasteiger partial charge on any atom is -0.488 e. The molecule has 2 rings (SSSR count). The third-order valence-electron chi connectivity index (χ3n) is 2.67. The molecular weight excluding hydrogens is 373 g/mol. The van der Waals surface area contributed by atoms with Gasteiger partial charge in [-0.25, -0.2) is 0 Å². The van der Waals surface area contributed by atoms with Crippen molar-refractivity contribution in [3.05, 3.63) is 63.2 Å². The molecule has 2 nitrogen and oxygen atoms in total. The van der Waals surface area contributed by atoms with Crippen molar-refractivity contribution in [3.63, 3.8) is 0 Å². The molecule has 0 saturated carbocycles. The molecule has 0 bridgehead atoms. The van der Waals surface area contributed by atoms with Gasteiger partial charge in [-0.05, 0) is 58.8 Å². The Morgan fingerprint density at radius 3 is 2.42 bits per heavy atom. The van der Waals surface area contributed by atoms with Gasteiger partial charge in [0.15, 0.2) is 0 Å². The van der Waals surface area contributed by atoms with Gasteiger partial charge in [0.2, 0.25) is 0 Å². The summed E-state index contributed by atoms with van der Waals surface area (Å²) in [4.78, 5) is 0. The highest BCUT2D eigenvalue weighted by Crippen LogP contribution is 2.23. The molecule has 102 valence electrons. The van der Waals surface area contributed by atoms with Crippen molar-refractivity contribution in [2.75, 3.05) is 6.54 Å². The van der Waals surface area contributed by atoms with Crippen LogP contribution >= 0.6 is 35.0 Å². The Balaban J connectivity index is 0.00000180. The Kier molecular flexibility index (Phi) is 7.20. The second kappa shape index (κ2) is 8.40. The summed E-state index contributed by atoms with van der Waals surface area (Å²) in [5.74, 6) is 0.936. The predicted octanol–water partition coefficient (Wildman–Crippen LogP) is 3.79. The number of benzene rings is 2. The summed E-state index contributed by atoms with van der Waals surface area (Å²) in [5, 5.41) is 0. The minimum atomic E-state index is 0. The Morgan fingerprint density at radius 1 is 1.00 bits per heavy atom. The number of nitrogens with two attached hydrogens (primary N) is 1. The maximum atomic E-state index is 5.86. The zero-order valence-electron chi connectivity index (χ0n) is 10.5. The highest BCUT2D eigenvalue weighted by Gasteiger charge is 2.03. The number of hydrogen-bond donors (Lipinski definition) is 1. The molecule has 4 heteroatoms. The lowest BCUT2D eigenvalue weighted by Gasteiger charge is -2.10. The molecule has 0 spiro atoms. The average Bonchev–Trinajstić information content (AvgIpc) is 2.41. The van der Waals surface area contributed by atoms with Gasteiger partial charge >= 0.3 is 0 Å². The van der Waals surface area contributed by atoms with E-state index < -0.39 is 0 Å². The molecule has 0 aliphatic heterocycles. The first-order chi connectivity index (χ1) is 8.79. The first-order valence-electron chi connectivity index (χ1n) is 5.95. The smallest absolute Gasteiger partial charge is 0.133 e. The quantitative estimate of drug-likeness (QED) is 0.790. The van der Waals surface area contributed by atoms with E-state index in [0.29, 0.717) is 13.2 Å². The topological polar surface area (TPSA) is 35.2 Å². The van der Waals surface area contributed by atoms with Crippen LogP contribution in [0.3, 0.4) is 0 Å². The van der Waals surface area contributed by atoms with Crippen molar-refractivity contribution in [1.29, 1.82) is 0 Å². The fourth-order valence-electron chi connectivity index (χ4n) is 1.72. The molecule has 0 fully saturated rings. The van der Waals surface area contributed by atoms with Crippen molar-refractivity contribution in [2.24, 2.45) is 5.73 Å². The molecule has 0 radical (unpaired) electrons. The minimum absolute atomic E-state index is 0. The number of rotatable bonds is 5. The Hall–Kier alpha value is -0.780. The molecule has 0 unspecified atom stereocenters. The van der Waals surface area contributed by atoms with Crippen LogP contribution in [0, 0.1) is 3.57 Å². The summed E-state index contributed by atoms with van der Waals surface area (Å²) >= 11 is 2.29. The summed E-state index contributed by atoms with van der Waals surface area (Å²) in [6.45, 7) is 1.27. The van der Waals surface area contributed by atoms with E-state index in [1.807, 2.05) is 18.2 Å². The van der Waals surface area contributed by atoms with Crippen molar-refractivity contribution in [3.8, 4) is 5.75 Å². The lowest BCUT2D eigenvalue weighted by atomic mass is 10.1. The van der Waals surface area contributed by atoms with Crippen molar-refractivity contribution >= 4 is 35.0 Å². The average molecular weight is 390 g/mol. The highest BCUT2D eigenvalue weighted by atomic mass is 127. The second-order valence-electron chi connectivity index (χ2n) is 4.08. The fourth-order valence-corrected chi connectivity index (χ4v) is 2.21. The third kappa shape index (κ3) is 5.01. The maximum Gasteiger partial charge on any atom is 0.133 e. The van der Waals surface area contributed by atoms with Crippen LogP contribution in [-0.2, 0) is 13.0 Å². The van der Waals surface area contributed by atoms with Gasteiger partial charge in [-0.3, -0.25) is 0 Å². The van der Waals surface area contributed by atoms with Gasteiger partial charge in [0.05, 0.1) is 3.57 Å². The molecule has 0 aliphatic rings. The van der Waals surface area contributed by atoms with Crippen LogP contribution in [-0.4, -0.2) is 6.54 Å². The van der Waals surface area contributed by atoms with Crippen LogP contribution < -0.4 is 10.5 Å². The Morgan fingerprint density at radius 2 is 1.74 bits per heavy atom. The van der Waals surface area contributed by atoms with Crippen LogP contribution in [0.25, 0.3) is 0 Å². The molecule has 0 amide bonds. The van der Waals surface area contributed by atoms with Crippen LogP contribution in [0.2, 0.25) is 0 Å². The van der Waals surface area contributed by atoms with Gasteiger partial charge in [0.25, 0.3) is 0 Å². The van der Waals surface area contributed by atoms with E-state index in [2.05, 4.69) is 52.9 Å². The van der Waals surface area contributed by atoms with Gasteiger partial charge < -0.3 is 10.5 Å². The van der Waals surface area contributed by atoms with Crippen molar-refractivity contribution in [2.45, 2.75) is 13.0 Å². The largest absolute Gasteiger partial charge is 0.488 e. The summed E-state index contributed by atoms with van der Waals surface area (Å²) in [7, 11) is 0. The first-order valence-corrected chi connectivity index (χ1v) is 7.02. The highest BCUT2D eigenvalue weighted by molar-refractivity contribution is 14.1. The van der Waals surface area contributed by atoms with E-state index >= 15 is 0 Å². The zero-order valence-corrected chi connectivity index (χ0v) is 13.5. The van der Waals surface area contributed by atoms with E-state index in [4.69, 9.17) is 10.5 Å². The Bertz CT molecular complexity index is 505. The molecule has 2 aromatic carbocycles. The van der Waals surface area contributed by atoms with Crippen molar-refractivity contribution in [1.82, 2.24) is 0 Å². The standard InChI is InChI=1S/C15H16INO.ClH/c16-14-7-6-12(8-9-17)10-15(14)18-11-13-4-2-1-3-5-13;/h1-7,10H,8-9,11,17H2;1H. The van der Waals surface area contributed by atoms with Crippen molar-refractivity contribution < 1.29 is 4.74 Å². The first kappa shape index (κ1) is 16.3. The van der Waals surface area contributed by atoms with Gasteiger partial charge in [0, 0.05) is 0 Å². The fraction of sp³-hybridized carbons (Fsp3) is 0.200. The number of halogens is 2. The van der Waals surface area contributed by atoms with E-state index in [1.165, 1.54) is 11.1 Å². The molecule has 0 saturated heterocycles. The van der Waals surface area contributed by atoms with Crippen LogP contribution in [0.1, 0.15) is 11.1 Å². The normalized spacial score (nSPS) is 9.79. The molecular formula is C15H17ClINO. The van der Waals surface area contributed by atoms with Gasteiger partial charge in [-0.2, -0.15) is 0 Å². The summed E-state index contributed by atoms with van der Waals surface area (Å²) in [6, 6.07) is 16.4. The zero-order chi connectivity index (χ0) is 12.8. The van der Waals surface area contributed by atoms with Crippen LogP contribution in [0.4, 0.5) is 0 Å². The molecule has 0 heterocycles. The SMILES string of the molecule is Cl.NCCc1ccc(I)c(OCc2ccccc2)c1. The number of hydrogen-bond acceptors (Lipinski definition) is 2. The maximum absolute atomic E-state index is 5.86. The summed E-state index contributed by atoms with van der Waals surface area (Å²) in [5.41, 5.74) is 7.97. The molecule has 0 aliphatic carbocycles. The molecule has 19 heavy (non-hydrogen) atoms. The van der Waals surface area contributed by atoms with Gasteiger partial charge in [-0.1, -0.05) is 36.4 Å².